The van der Waals surface area contributed by atoms with E-state index >= 15 is 0 Å². The fraction of sp³-hybridized carbons (Fsp3) is 0.316. The number of alkyl halides is 3. The first kappa shape index (κ1) is 22.0. The molecule has 0 aromatic heterocycles. The fourth-order valence-electron chi connectivity index (χ4n) is 2.26. The summed E-state index contributed by atoms with van der Waals surface area (Å²) < 4.78 is 44.8. The second kappa shape index (κ2) is 9.24. The summed E-state index contributed by atoms with van der Waals surface area (Å²) in [6, 6.07) is 16.2. The van der Waals surface area contributed by atoms with E-state index < -0.39 is 38.2 Å². The molecule has 27 heavy (non-hydrogen) atoms. The molecule has 0 saturated carbocycles. The number of amides is 1. The number of para-hydroxylation sites is 1. The molecule has 2 aromatic rings. The minimum absolute atomic E-state index is 0.367. The van der Waals surface area contributed by atoms with Crippen molar-refractivity contribution < 1.29 is 22.7 Å². The molecule has 1 N–H and O–H groups in total. The molecule has 8 heteroatoms. The molecule has 0 spiro atoms. The molecular weight excluding hydrogens is 490 g/mol. The van der Waals surface area contributed by atoms with Crippen molar-refractivity contribution in [3.05, 3.63) is 59.1 Å². The molecule has 1 unspecified atom stereocenters. The van der Waals surface area contributed by atoms with Crippen molar-refractivity contribution in [2.75, 3.05) is 11.9 Å². The second-order valence-corrected chi connectivity index (χ2v) is 9.71. The summed E-state index contributed by atoms with van der Waals surface area (Å²) >= 11 is 2.93. The molecule has 0 radical (unpaired) electrons. The van der Waals surface area contributed by atoms with Crippen molar-refractivity contribution in [1.29, 1.82) is 0 Å². The van der Waals surface area contributed by atoms with E-state index in [1.165, 1.54) is 13.8 Å². The van der Waals surface area contributed by atoms with Crippen LogP contribution in [0.1, 0.15) is 13.8 Å². The van der Waals surface area contributed by atoms with E-state index in [2.05, 4.69) is 21.2 Å². The number of nitrogens with one attached hydrogen (secondary N) is 1. The molecule has 1 atom stereocenters. The Morgan fingerprint density at radius 1 is 1.15 bits per heavy atom. The Bertz CT molecular complexity index is 769. The first-order chi connectivity index (χ1) is 12.6. The first-order valence-corrected chi connectivity index (χ1v) is 10.7. The van der Waals surface area contributed by atoms with Gasteiger partial charge < -0.3 is 0 Å². The molecule has 0 aliphatic carbocycles. The Morgan fingerprint density at radius 2 is 1.81 bits per heavy atom. The molecule has 3 nitrogen and oxygen atoms in total. The molecule has 1 amide bonds. The Balaban J connectivity index is 2.24. The number of carbonyl (C=O) groups is 1. The van der Waals surface area contributed by atoms with Crippen LogP contribution in [0, 0.1) is 0 Å². The minimum atomic E-state index is -4.46. The third kappa shape index (κ3) is 7.30. The Labute approximate surface area is 171 Å². The number of benzene rings is 2. The predicted molar refractivity (Wildman–Crippen MR) is 104 cm³/mol. The summed E-state index contributed by atoms with van der Waals surface area (Å²) in [5.74, 6) is -0.367. The predicted octanol–water partition coefficient (Wildman–Crippen LogP) is 4.56. The Morgan fingerprint density at radius 3 is 2.41 bits per heavy atom. The summed E-state index contributed by atoms with van der Waals surface area (Å²) in [6.45, 7) is 1.64. The molecule has 0 aliphatic heterocycles. The van der Waals surface area contributed by atoms with Crippen LogP contribution in [0.5, 0.6) is 0 Å². The van der Waals surface area contributed by atoms with E-state index in [-0.39, 0.29) is 5.91 Å². The van der Waals surface area contributed by atoms with E-state index in [0.717, 1.165) is 8.93 Å². The van der Waals surface area contributed by atoms with E-state index in [1.54, 1.807) is 24.3 Å². The van der Waals surface area contributed by atoms with Gasteiger partial charge in [0.05, 0.1) is 0 Å². The van der Waals surface area contributed by atoms with Crippen molar-refractivity contribution in [1.82, 2.24) is 0 Å². The van der Waals surface area contributed by atoms with E-state index in [9.17, 15) is 18.0 Å². The quantitative estimate of drug-likeness (QED) is 0.556. The zero-order valence-electron chi connectivity index (χ0n) is 14.7. The van der Waals surface area contributed by atoms with Crippen molar-refractivity contribution in [2.45, 2.75) is 30.4 Å². The molecule has 0 fully saturated rings. The van der Waals surface area contributed by atoms with Gasteiger partial charge in [-0.3, -0.25) is 0 Å². The Kier molecular flexibility index (Phi) is 7.51. The molecule has 146 valence electrons. The normalized spacial score (nSPS) is 13.3. The average Bonchev–Trinajstić information content (AvgIpc) is 2.58. The van der Waals surface area contributed by atoms with Gasteiger partial charge in [-0.25, -0.2) is 0 Å². The van der Waals surface area contributed by atoms with Gasteiger partial charge in [0, 0.05) is 0 Å². The van der Waals surface area contributed by atoms with Gasteiger partial charge in [-0.15, -0.1) is 0 Å². The molecule has 0 saturated heterocycles. The average molecular weight is 509 g/mol. The zero-order chi connectivity index (χ0) is 20.1. The van der Waals surface area contributed by atoms with Gasteiger partial charge in [0.15, 0.2) is 0 Å². The van der Waals surface area contributed by atoms with Gasteiger partial charge in [-0.2, -0.15) is 0 Å². The number of rotatable bonds is 7. The second-order valence-electron chi connectivity index (χ2n) is 6.32. The van der Waals surface area contributed by atoms with Crippen molar-refractivity contribution in [3.63, 3.8) is 0 Å². The standard InChI is InChI=1S/C19H19BrF3NO2Se/c1-18(2,26-12-19(21,22)23)16(27-15-10-6-7-13(20)11-15)17(25)24-14-8-4-3-5-9-14/h3-11,16H,12H2,1-2H3,(H,24,25). The Hall–Kier alpha value is -1.34. The van der Waals surface area contributed by atoms with E-state index in [0.29, 0.717) is 5.69 Å². The number of halogens is 4. The number of anilines is 1. The number of hydrogen-bond acceptors (Lipinski definition) is 2. The third-order valence-corrected chi connectivity index (χ3v) is 7.30. The van der Waals surface area contributed by atoms with Crippen molar-refractivity contribution in [2.24, 2.45) is 0 Å². The van der Waals surface area contributed by atoms with Crippen LogP contribution in [-0.2, 0) is 9.53 Å². The van der Waals surface area contributed by atoms with Crippen LogP contribution in [-0.4, -0.2) is 39.2 Å². The third-order valence-electron chi connectivity index (χ3n) is 3.57. The van der Waals surface area contributed by atoms with Gasteiger partial charge in [-0.1, -0.05) is 0 Å². The van der Waals surface area contributed by atoms with Gasteiger partial charge in [0.25, 0.3) is 0 Å². The summed E-state index contributed by atoms with van der Waals surface area (Å²) in [5.41, 5.74) is -0.708. The molecular formula is C19H19BrF3NO2Se. The molecule has 2 aromatic carbocycles. The van der Waals surface area contributed by atoms with Crippen LogP contribution in [0.25, 0.3) is 0 Å². The van der Waals surface area contributed by atoms with E-state index in [1.807, 2.05) is 30.3 Å². The number of hydrogen-bond donors (Lipinski definition) is 1. The summed E-state index contributed by atoms with van der Waals surface area (Å²) in [6.07, 6.45) is -4.46. The maximum absolute atomic E-state index is 12.9. The number of carbonyl (C=O) groups excluding carboxylic acids is 1. The molecule has 2 rings (SSSR count). The van der Waals surface area contributed by atoms with Crippen LogP contribution in [0.3, 0.4) is 0 Å². The van der Waals surface area contributed by atoms with E-state index in [4.69, 9.17) is 4.74 Å². The van der Waals surface area contributed by atoms with Gasteiger partial charge in [0.1, 0.15) is 0 Å². The number of ether oxygens (including phenoxy) is 1. The van der Waals surface area contributed by atoms with Crippen LogP contribution >= 0.6 is 15.9 Å². The van der Waals surface area contributed by atoms with Gasteiger partial charge >= 0.3 is 171 Å². The summed E-state index contributed by atoms with van der Waals surface area (Å²) in [5, 5.41) is 2.78. The van der Waals surface area contributed by atoms with Crippen LogP contribution in [0.4, 0.5) is 18.9 Å². The molecule has 0 heterocycles. The first-order valence-electron chi connectivity index (χ1n) is 8.06. The van der Waals surface area contributed by atoms with Gasteiger partial charge in [-0.05, 0) is 0 Å². The maximum atomic E-state index is 12.9. The van der Waals surface area contributed by atoms with Gasteiger partial charge in [0.2, 0.25) is 0 Å². The fourth-order valence-corrected chi connectivity index (χ4v) is 5.40. The summed E-state index contributed by atoms with van der Waals surface area (Å²) in [7, 11) is 0. The van der Waals surface area contributed by atoms with Crippen LogP contribution in [0.2, 0.25) is 4.82 Å². The van der Waals surface area contributed by atoms with Crippen LogP contribution < -0.4 is 9.78 Å². The SMILES string of the molecule is CC(C)(OCC(F)(F)F)C([Se]c1cccc(Br)c1)C(=O)Nc1ccccc1. The van der Waals surface area contributed by atoms with Crippen molar-refractivity contribution in [3.8, 4) is 0 Å². The summed E-state index contributed by atoms with van der Waals surface area (Å²) in [4.78, 5) is 12.1. The molecule has 0 bridgehead atoms. The van der Waals surface area contributed by atoms with Crippen LogP contribution in [0.15, 0.2) is 59.1 Å². The monoisotopic (exact) mass is 509 g/mol. The topological polar surface area (TPSA) is 38.3 Å². The molecule has 0 aliphatic rings. The zero-order valence-corrected chi connectivity index (χ0v) is 18.0. The van der Waals surface area contributed by atoms with Crippen molar-refractivity contribution >= 4 is 46.9 Å².